The van der Waals surface area contributed by atoms with Gasteiger partial charge in [0.1, 0.15) is 6.54 Å². The molecule has 0 aliphatic rings. The van der Waals surface area contributed by atoms with Crippen LogP contribution in [0.15, 0.2) is 45.3 Å². The van der Waals surface area contributed by atoms with Crippen molar-refractivity contribution in [1.29, 1.82) is 0 Å². The summed E-state index contributed by atoms with van der Waals surface area (Å²) in [6.45, 7) is 1.59. The van der Waals surface area contributed by atoms with Crippen LogP contribution in [0.4, 0.5) is 0 Å². The standard InChI is InChI=1S/C17H17ClN6O3/c1-10(11-4-6-12(18)7-5-11)20-21-13(25)8-24-9-19-15-14(24)16(26)23(3)17(27)22(15)2/h4-7,9H,8H2,1-3H3,(H,21,25)/b20-10-. The van der Waals surface area contributed by atoms with Gasteiger partial charge in [-0.3, -0.25) is 18.7 Å². The Morgan fingerprint density at radius 1 is 1.19 bits per heavy atom. The van der Waals surface area contributed by atoms with Crippen molar-refractivity contribution in [3.05, 3.63) is 62.0 Å². The molecule has 1 aromatic carbocycles. The average Bonchev–Trinajstić information content (AvgIpc) is 3.07. The first-order valence-electron chi connectivity index (χ1n) is 7.99. The minimum absolute atomic E-state index is 0.165. The van der Waals surface area contributed by atoms with Gasteiger partial charge in [0.05, 0.1) is 12.0 Å². The molecule has 1 amide bonds. The predicted octanol–water partition coefficient (Wildman–Crippen LogP) is 0.627. The number of halogens is 1. The summed E-state index contributed by atoms with van der Waals surface area (Å²) in [5.41, 5.74) is 3.27. The number of rotatable bonds is 4. The van der Waals surface area contributed by atoms with Crippen molar-refractivity contribution in [2.24, 2.45) is 19.2 Å². The summed E-state index contributed by atoms with van der Waals surface area (Å²) in [7, 11) is 2.89. The van der Waals surface area contributed by atoms with Gasteiger partial charge in [-0.2, -0.15) is 5.10 Å². The quantitative estimate of drug-likeness (QED) is 0.523. The SMILES string of the molecule is C/C(=N/NC(=O)Cn1cnc2c1c(=O)n(C)c(=O)n2C)c1ccc(Cl)cc1. The Morgan fingerprint density at radius 2 is 1.85 bits per heavy atom. The molecule has 0 saturated heterocycles. The number of aromatic nitrogens is 4. The fourth-order valence-electron chi connectivity index (χ4n) is 2.61. The van der Waals surface area contributed by atoms with Crippen LogP contribution < -0.4 is 16.7 Å². The number of nitrogens with one attached hydrogen (secondary N) is 1. The Morgan fingerprint density at radius 3 is 2.52 bits per heavy atom. The third-order valence-electron chi connectivity index (χ3n) is 4.14. The first-order chi connectivity index (χ1) is 12.8. The molecule has 3 aromatic rings. The summed E-state index contributed by atoms with van der Waals surface area (Å²) >= 11 is 5.85. The van der Waals surface area contributed by atoms with Crippen LogP contribution in [0.3, 0.4) is 0 Å². The molecule has 0 bridgehead atoms. The Bertz CT molecular complexity index is 1170. The average molecular weight is 389 g/mol. The van der Waals surface area contributed by atoms with Crippen LogP contribution in [-0.4, -0.2) is 30.3 Å². The molecule has 0 radical (unpaired) electrons. The maximum absolute atomic E-state index is 12.4. The van der Waals surface area contributed by atoms with Crippen LogP contribution in [0.2, 0.25) is 5.02 Å². The molecule has 1 N–H and O–H groups in total. The van der Waals surface area contributed by atoms with Gasteiger partial charge < -0.3 is 4.57 Å². The summed E-state index contributed by atoms with van der Waals surface area (Å²) < 4.78 is 3.62. The first kappa shape index (κ1) is 18.6. The van der Waals surface area contributed by atoms with Crippen LogP contribution in [0, 0.1) is 0 Å². The zero-order chi connectivity index (χ0) is 19.7. The predicted molar refractivity (Wildman–Crippen MR) is 102 cm³/mol. The second-order valence-corrected chi connectivity index (χ2v) is 6.43. The van der Waals surface area contributed by atoms with Crippen molar-refractivity contribution in [2.45, 2.75) is 13.5 Å². The lowest BCUT2D eigenvalue weighted by Gasteiger charge is -2.06. The van der Waals surface area contributed by atoms with E-state index in [0.717, 1.165) is 10.1 Å². The van der Waals surface area contributed by atoms with E-state index in [-0.39, 0.29) is 17.7 Å². The zero-order valence-electron chi connectivity index (χ0n) is 14.9. The molecule has 3 rings (SSSR count). The number of hydrogen-bond donors (Lipinski definition) is 1. The van der Waals surface area contributed by atoms with E-state index in [1.165, 1.54) is 29.6 Å². The Kier molecular flexibility index (Phi) is 4.95. The molecule has 2 aromatic heterocycles. The number of hydrazone groups is 1. The van der Waals surface area contributed by atoms with E-state index in [0.29, 0.717) is 10.7 Å². The third kappa shape index (κ3) is 3.54. The summed E-state index contributed by atoms with van der Waals surface area (Å²) in [6.07, 6.45) is 1.35. The van der Waals surface area contributed by atoms with Gasteiger partial charge in [0.25, 0.3) is 11.5 Å². The molecule has 0 spiro atoms. The van der Waals surface area contributed by atoms with E-state index < -0.39 is 17.2 Å². The Hall–Kier alpha value is -3.20. The molecule has 10 heteroatoms. The van der Waals surface area contributed by atoms with E-state index in [9.17, 15) is 14.4 Å². The summed E-state index contributed by atoms with van der Waals surface area (Å²) in [6, 6.07) is 7.05. The van der Waals surface area contributed by atoms with Crippen molar-refractivity contribution < 1.29 is 4.79 Å². The number of carbonyl (C=O) groups is 1. The summed E-state index contributed by atoms with van der Waals surface area (Å²) in [5, 5.41) is 4.67. The van der Waals surface area contributed by atoms with Crippen molar-refractivity contribution >= 4 is 34.4 Å². The summed E-state index contributed by atoms with van der Waals surface area (Å²) in [4.78, 5) is 40.6. The van der Waals surface area contributed by atoms with Crippen molar-refractivity contribution in [3.63, 3.8) is 0 Å². The number of aryl methyl sites for hydroxylation is 1. The lowest BCUT2D eigenvalue weighted by atomic mass is 10.1. The van der Waals surface area contributed by atoms with Crippen LogP contribution in [0.1, 0.15) is 12.5 Å². The number of benzene rings is 1. The molecule has 0 unspecified atom stereocenters. The smallest absolute Gasteiger partial charge is 0.315 e. The fraction of sp³-hybridized carbons (Fsp3) is 0.235. The minimum Gasteiger partial charge on any atom is -0.315 e. The van der Waals surface area contributed by atoms with E-state index in [2.05, 4.69) is 15.5 Å². The number of amides is 1. The van der Waals surface area contributed by atoms with Gasteiger partial charge in [0.15, 0.2) is 11.2 Å². The van der Waals surface area contributed by atoms with E-state index in [4.69, 9.17) is 11.6 Å². The minimum atomic E-state index is -0.515. The molecule has 9 nitrogen and oxygen atoms in total. The van der Waals surface area contributed by atoms with Crippen molar-refractivity contribution in [2.75, 3.05) is 0 Å². The first-order valence-corrected chi connectivity index (χ1v) is 8.37. The number of imidazole rings is 1. The summed E-state index contributed by atoms with van der Waals surface area (Å²) in [5.74, 6) is -0.432. The molecule has 0 saturated carbocycles. The second kappa shape index (κ2) is 7.20. The van der Waals surface area contributed by atoms with Crippen LogP contribution in [0.25, 0.3) is 11.2 Å². The topological polar surface area (TPSA) is 103 Å². The lowest BCUT2D eigenvalue weighted by Crippen LogP contribution is -2.38. The molecule has 2 heterocycles. The van der Waals surface area contributed by atoms with Gasteiger partial charge in [-0.15, -0.1) is 0 Å². The normalized spacial score (nSPS) is 11.8. The van der Waals surface area contributed by atoms with Crippen LogP contribution in [0.5, 0.6) is 0 Å². The highest BCUT2D eigenvalue weighted by Crippen LogP contribution is 2.10. The molecule has 0 aliphatic heterocycles. The van der Waals surface area contributed by atoms with Gasteiger partial charge in [-0.25, -0.2) is 15.2 Å². The molecule has 140 valence electrons. The zero-order valence-corrected chi connectivity index (χ0v) is 15.7. The molecule has 0 aliphatic carbocycles. The Balaban J connectivity index is 1.83. The largest absolute Gasteiger partial charge is 0.332 e. The lowest BCUT2D eigenvalue weighted by molar-refractivity contribution is -0.121. The Labute approximate surface area is 158 Å². The highest BCUT2D eigenvalue weighted by atomic mass is 35.5. The van der Waals surface area contributed by atoms with E-state index >= 15 is 0 Å². The molecular formula is C17H17ClN6O3. The molecule has 0 fully saturated rings. The highest BCUT2D eigenvalue weighted by molar-refractivity contribution is 6.30. The van der Waals surface area contributed by atoms with E-state index in [1.807, 2.05) is 0 Å². The molecule has 0 atom stereocenters. The fourth-order valence-corrected chi connectivity index (χ4v) is 2.73. The maximum Gasteiger partial charge on any atom is 0.332 e. The van der Waals surface area contributed by atoms with Crippen LogP contribution in [-0.2, 0) is 25.4 Å². The van der Waals surface area contributed by atoms with Gasteiger partial charge >= 0.3 is 5.69 Å². The number of hydrogen-bond acceptors (Lipinski definition) is 5. The van der Waals surface area contributed by atoms with Gasteiger partial charge in [0, 0.05) is 19.1 Å². The molecular weight excluding hydrogens is 372 g/mol. The number of carbonyl (C=O) groups excluding carboxylic acids is 1. The van der Waals surface area contributed by atoms with Crippen molar-refractivity contribution in [3.8, 4) is 0 Å². The second-order valence-electron chi connectivity index (χ2n) is 5.99. The van der Waals surface area contributed by atoms with E-state index in [1.54, 1.807) is 31.2 Å². The van der Waals surface area contributed by atoms with Gasteiger partial charge in [0.2, 0.25) is 0 Å². The highest BCUT2D eigenvalue weighted by Gasteiger charge is 2.15. The monoisotopic (exact) mass is 388 g/mol. The molecule has 27 heavy (non-hydrogen) atoms. The number of fused-ring (bicyclic) bond motifs is 1. The van der Waals surface area contributed by atoms with Gasteiger partial charge in [-0.05, 0) is 24.6 Å². The van der Waals surface area contributed by atoms with Gasteiger partial charge in [-0.1, -0.05) is 23.7 Å². The van der Waals surface area contributed by atoms with Crippen LogP contribution >= 0.6 is 11.6 Å². The number of nitrogens with zero attached hydrogens (tertiary/aromatic N) is 5. The third-order valence-corrected chi connectivity index (χ3v) is 4.39. The maximum atomic E-state index is 12.4. The van der Waals surface area contributed by atoms with Crippen molar-refractivity contribution in [1.82, 2.24) is 24.1 Å².